The lowest BCUT2D eigenvalue weighted by Crippen LogP contribution is -2.37. The summed E-state index contributed by atoms with van der Waals surface area (Å²) in [5.74, 6) is 3.37. The molecule has 2 heterocycles. The highest BCUT2D eigenvalue weighted by Gasteiger charge is 2.31. The molecule has 1 aromatic carbocycles. The van der Waals surface area contributed by atoms with E-state index in [9.17, 15) is 4.79 Å². The Morgan fingerprint density at radius 2 is 1.76 bits per heavy atom. The maximum absolute atomic E-state index is 12.1. The van der Waals surface area contributed by atoms with Crippen molar-refractivity contribution in [3.8, 4) is 12.0 Å². The van der Waals surface area contributed by atoms with Gasteiger partial charge in [-0.25, -0.2) is 5.26 Å². The zero-order valence-corrected chi connectivity index (χ0v) is 17.3. The number of benzene rings is 1. The molecule has 2 aliphatic rings. The number of ether oxygens (including phenoxy) is 1. The van der Waals surface area contributed by atoms with Crippen LogP contribution >= 0.6 is 0 Å². The Kier molecular flexibility index (Phi) is 7.58. The van der Waals surface area contributed by atoms with Crippen LogP contribution in [0.1, 0.15) is 50.0 Å². The second-order valence-electron chi connectivity index (χ2n) is 8.43. The lowest BCUT2D eigenvalue weighted by atomic mass is 9.41. The van der Waals surface area contributed by atoms with E-state index in [0.29, 0.717) is 12.8 Å². The summed E-state index contributed by atoms with van der Waals surface area (Å²) in [7, 11) is 1.40. The Hall–Kier alpha value is -2.47. The fourth-order valence-electron chi connectivity index (χ4n) is 5.04. The molecule has 0 aliphatic carbocycles. The summed E-state index contributed by atoms with van der Waals surface area (Å²) < 4.78 is 4.92. The first-order chi connectivity index (χ1) is 14.2. The zero-order chi connectivity index (χ0) is 20.6. The van der Waals surface area contributed by atoms with Gasteiger partial charge < -0.3 is 9.64 Å². The molecule has 2 saturated heterocycles. The minimum absolute atomic E-state index is 0.278. The smallest absolute Gasteiger partial charge is 0.313 e. The summed E-state index contributed by atoms with van der Waals surface area (Å²) in [6.45, 7) is 2.42. The first-order valence-corrected chi connectivity index (χ1v) is 10.9. The molecule has 1 atom stereocenters. The number of rotatable bonds is 6. The van der Waals surface area contributed by atoms with Gasteiger partial charge in [0, 0.05) is 31.2 Å². The van der Waals surface area contributed by atoms with Gasteiger partial charge in [0.2, 0.25) is 0 Å². The van der Waals surface area contributed by atoms with Gasteiger partial charge in [0.15, 0.2) is 0 Å². The quantitative estimate of drug-likeness (QED) is 0.530. The van der Waals surface area contributed by atoms with Crippen molar-refractivity contribution < 1.29 is 9.53 Å². The van der Waals surface area contributed by atoms with E-state index in [1.807, 2.05) is 12.1 Å². The molecule has 2 aliphatic heterocycles. The van der Waals surface area contributed by atoms with Gasteiger partial charge in [0.1, 0.15) is 0 Å². The lowest BCUT2D eigenvalue weighted by Gasteiger charge is -2.39. The third kappa shape index (κ3) is 5.33. The first-order valence-electron chi connectivity index (χ1n) is 10.9. The normalized spacial score (nSPS) is 19.3. The van der Waals surface area contributed by atoms with E-state index < -0.39 is 0 Å². The standard InChI is InChI=1S/C23H30BN3O2/c1-29-23(28)22(3-2-14-25)20-4-6-21(7-5-20)27-15-10-19(11-16-27)18-8-12-24(17-26)13-9-18/h4-7,18-19,22H,2-3,8-13,15-16H2,1H3. The largest absolute Gasteiger partial charge is 0.469 e. The van der Waals surface area contributed by atoms with Gasteiger partial charge in [0.25, 0.3) is 6.71 Å². The van der Waals surface area contributed by atoms with E-state index in [0.717, 1.165) is 43.1 Å². The molecule has 3 rings (SSSR count). The maximum atomic E-state index is 12.1. The summed E-state index contributed by atoms with van der Waals surface area (Å²) in [6.07, 6.45) is 7.86. The summed E-state index contributed by atoms with van der Waals surface area (Å²) in [5, 5.41) is 17.9. The van der Waals surface area contributed by atoms with Gasteiger partial charge in [-0.3, -0.25) is 4.79 Å². The van der Waals surface area contributed by atoms with Gasteiger partial charge in [-0.2, -0.15) is 5.26 Å². The predicted octanol–water partition coefficient (Wildman–Crippen LogP) is 4.43. The lowest BCUT2D eigenvalue weighted by molar-refractivity contribution is -0.142. The van der Waals surface area contributed by atoms with Crippen molar-refractivity contribution in [2.24, 2.45) is 11.8 Å². The number of hydrogen-bond acceptors (Lipinski definition) is 5. The molecule has 1 aromatic rings. The second-order valence-corrected chi connectivity index (χ2v) is 8.43. The molecule has 0 saturated carbocycles. The minimum atomic E-state index is -0.372. The average Bonchev–Trinajstić information content (AvgIpc) is 2.79. The van der Waals surface area contributed by atoms with E-state index in [1.165, 1.54) is 38.5 Å². The molecule has 6 heteroatoms. The second kappa shape index (κ2) is 10.4. The molecular weight excluding hydrogens is 361 g/mol. The molecule has 2 fully saturated rings. The highest BCUT2D eigenvalue weighted by Crippen LogP contribution is 2.37. The number of nitrogens with zero attached hydrogens (tertiary/aromatic N) is 3. The zero-order valence-electron chi connectivity index (χ0n) is 17.3. The van der Waals surface area contributed by atoms with E-state index in [-0.39, 0.29) is 18.6 Å². The van der Waals surface area contributed by atoms with Crippen LogP contribution in [-0.2, 0) is 9.53 Å². The van der Waals surface area contributed by atoms with E-state index in [1.54, 1.807) is 0 Å². The molecular formula is C23H30BN3O2. The van der Waals surface area contributed by atoms with E-state index >= 15 is 0 Å². The molecule has 1 unspecified atom stereocenters. The van der Waals surface area contributed by atoms with Gasteiger partial charge in [-0.15, -0.1) is 0 Å². The third-order valence-electron chi connectivity index (χ3n) is 6.85. The highest BCUT2D eigenvalue weighted by atomic mass is 16.5. The molecule has 152 valence electrons. The van der Waals surface area contributed by atoms with Crippen molar-refractivity contribution >= 4 is 18.4 Å². The Labute approximate surface area is 174 Å². The van der Waals surface area contributed by atoms with Gasteiger partial charge >= 0.3 is 5.97 Å². The number of esters is 1. The van der Waals surface area contributed by atoms with Crippen LogP contribution in [0, 0.1) is 34.4 Å². The first kappa shape index (κ1) is 21.2. The highest BCUT2D eigenvalue weighted by molar-refractivity contribution is 6.67. The number of nitriles is 2. The topological polar surface area (TPSA) is 77.1 Å². The molecule has 0 bridgehead atoms. The Bertz CT molecular complexity index is 752. The van der Waals surface area contributed by atoms with Crippen molar-refractivity contribution in [1.29, 1.82) is 10.5 Å². The maximum Gasteiger partial charge on any atom is 0.313 e. The summed E-state index contributed by atoms with van der Waals surface area (Å²) in [4.78, 5) is 14.5. The summed E-state index contributed by atoms with van der Waals surface area (Å²) in [5.41, 5.74) is 2.12. The van der Waals surface area contributed by atoms with Gasteiger partial charge in [0.05, 0.1) is 19.1 Å². The molecule has 0 N–H and O–H groups in total. The summed E-state index contributed by atoms with van der Waals surface area (Å²) in [6, 6.07) is 10.3. The molecule has 0 radical (unpaired) electrons. The minimum Gasteiger partial charge on any atom is -0.469 e. The monoisotopic (exact) mass is 391 g/mol. The van der Waals surface area contributed by atoms with E-state index in [4.69, 9.17) is 15.3 Å². The molecule has 0 amide bonds. The van der Waals surface area contributed by atoms with Gasteiger partial charge in [-0.05, 0) is 48.8 Å². The fraction of sp³-hybridized carbons (Fsp3) is 0.609. The Morgan fingerprint density at radius 1 is 1.14 bits per heavy atom. The SMILES string of the molecule is COC(=O)C(CCC#N)c1ccc(N2CCC(C3CCB(C#N)CC3)CC2)cc1. The number of carbonyl (C=O) groups is 1. The molecule has 0 spiro atoms. The average molecular weight is 391 g/mol. The third-order valence-corrected chi connectivity index (χ3v) is 6.85. The molecule has 5 nitrogen and oxygen atoms in total. The van der Waals surface area contributed by atoms with Crippen molar-refractivity contribution in [2.45, 2.75) is 57.1 Å². The van der Waals surface area contributed by atoms with Crippen LogP contribution in [0.15, 0.2) is 24.3 Å². The fourth-order valence-corrected chi connectivity index (χ4v) is 5.04. The number of hydrogen-bond donors (Lipinski definition) is 0. The number of piperidine rings is 1. The van der Waals surface area contributed by atoms with Crippen LogP contribution < -0.4 is 4.90 Å². The Morgan fingerprint density at radius 3 is 2.31 bits per heavy atom. The van der Waals surface area contributed by atoms with E-state index in [2.05, 4.69) is 29.1 Å². The van der Waals surface area contributed by atoms with Crippen LogP contribution in [0.3, 0.4) is 0 Å². The van der Waals surface area contributed by atoms with Crippen molar-refractivity contribution in [2.75, 3.05) is 25.1 Å². The van der Waals surface area contributed by atoms with Crippen LogP contribution in [0.5, 0.6) is 0 Å². The molecule has 29 heavy (non-hydrogen) atoms. The van der Waals surface area contributed by atoms with Crippen LogP contribution in [0.2, 0.25) is 12.6 Å². The predicted molar refractivity (Wildman–Crippen MR) is 115 cm³/mol. The van der Waals surface area contributed by atoms with Crippen LogP contribution in [0.25, 0.3) is 0 Å². The van der Waals surface area contributed by atoms with Crippen LogP contribution in [-0.4, -0.2) is 32.9 Å². The van der Waals surface area contributed by atoms with Crippen LogP contribution in [0.4, 0.5) is 5.69 Å². The van der Waals surface area contributed by atoms with Crippen molar-refractivity contribution in [3.63, 3.8) is 0 Å². The summed E-state index contributed by atoms with van der Waals surface area (Å²) >= 11 is 0. The van der Waals surface area contributed by atoms with Gasteiger partial charge in [-0.1, -0.05) is 37.6 Å². The molecule has 0 aromatic heterocycles. The Balaban J connectivity index is 1.55. The number of carbonyl (C=O) groups excluding carboxylic acids is 1. The van der Waals surface area contributed by atoms with Crippen molar-refractivity contribution in [3.05, 3.63) is 29.8 Å². The van der Waals surface area contributed by atoms with Crippen molar-refractivity contribution in [1.82, 2.24) is 0 Å². The number of anilines is 1. The number of methoxy groups -OCH3 is 1.